The number of likely N-dealkylation sites (tertiary alicyclic amines) is 1. The van der Waals surface area contributed by atoms with Crippen molar-refractivity contribution in [2.45, 2.75) is 32.2 Å². The van der Waals surface area contributed by atoms with Crippen LogP contribution in [0, 0.1) is 6.92 Å². The van der Waals surface area contributed by atoms with Gasteiger partial charge >= 0.3 is 0 Å². The number of aryl methyl sites for hydroxylation is 1. The van der Waals surface area contributed by atoms with E-state index in [1.165, 1.54) is 11.1 Å². The van der Waals surface area contributed by atoms with Crippen molar-refractivity contribution in [2.75, 3.05) is 70.1 Å². The standard InChI is InChI=1S/C30H41N7O/c1-23-21-31-30(33-27-7-3-5-24(19-27)22-37-15-13-35(2)14-16-37)34-29(23)32-28-8-4-6-26(20-28)25-9-11-36(12-10-25)17-18-38/h3-8,19-21,25,38H,9-18,22H2,1-2H3,(H2,31,32,33,34). The molecule has 3 aromatic rings. The number of aliphatic hydroxyl groups is 1. The number of piperidine rings is 1. The lowest BCUT2D eigenvalue weighted by Crippen LogP contribution is -2.43. The van der Waals surface area contributed by atoms with Gasteiger partial charge in [0, 0.05) is 62.4 Å². The molecule has 2 aromatic carbocycles. The summed E-state index contributed by atoms with van der Waals surface area (Å²) in [6.07, 6.45) is 4.11. The molecule has 0 atom stereocenters. The summed E-state index contributed by atoms with van der Waals surface area (Å²) >= 11 is 0. The third-order valence-electron chi connectivity index (χ3n) is 7.78. The third-order valence-corrected chi connectivity index (χ3v) is 7.78. The first kappa shape index (κ1) is 26.6. The Bertz CT molecular complexity index is 1190. The first-order valence-corrected chi connectivity index (χ1v) is 13.9. The lowest BCUT2D eigenvalue weighted by Gasteiger charge is -2.32. The Balaban J connectivity index is 1.23. The molecule has 2 fully saturated rings. The minimum atomic E-state index is 0.237. The molecular formula is C30H41N7O. The third kappa shape index (κ3) is 7.08. The van der Waals surface area contributed by atoms with E-state index in [0.29, 0.717) is 11.9 Å². The maximum absolute atomic E-state index is 9.21. The van der Waals surface area contributed by atoms with Gasteiger partial charge in [-0.05, 0) is 81.2 Å². The minimum absolute atomic E-state index is 0.237. The molecule has 0 unspecified atom stereocenters. The lowest BCUT2D eigenvalue weighted by atomic mass is 9.89. The number of hydrogen-bond acceptors (Lipinski definition) is 8. The summed E-state index contributed by atoms with van der Waals surface area (Å²) in [4.78, 5) is 16.6. The van der Waals surface area contributed by atoms with Gasteiger partial charge in [-0.2, -0.15) is 4.98 Å². The lowest BCUT2D eigenvalue weighted by molar-refractivity contribution is 0.148. The molecule has 38 heavy (non-hydrogen) atoms. The van der Waals surface area contributed by atoms with Gasteiger partial charge in [0.25, 0.3) is 0 Å². The predicted octanol–water partition coefficient (Wildman–Crippen LogP) is 4.19. The van der Waals surface area contributed by atoms with Crippen molar-refractivity contribution < 1.29 is 5.11 Å². The summed E-state index contributed by atoms with van der Waals surface area (Å²) < 4.78 is 0. The summed E-state index contributed by atoms with van der Waals surface area (Å²) in [5.41, 5.74) is 5.70. The summed E-state index contributed by atoms with van der Waals surface area (Å²) in [6.45, 7) is 10.5. The fourth-order valence-electron chi connectivity index (χ4n) is 5.41. The molecule has 8 nitrogen and oxygen atoms in total. The summed E-state index contributed by atoms with van der Waals surface area (Å²) in [7, 11) is 2.19. The van der Waals surface area contributed by atoms with Gasteiger partial charge in [-0.25, -0.2) is 4.98 Å². The van der Waals surface area contributed by atoms with E-state index in [1.54, 1.807) is 0 Å². The Labute approximate surface area is 226 Å². The molecule has 2 aliphatic rings. The minimum Gasteiger partial charge on any atom is -0.395 e. The van der Waals surface area contributed by atoms with Gasteiger partial charge in [0.2, 0.25) is 5.95 Å². The molecule has 2 saturated heterocycles. The summed E-state index contributed by atoms with van der Waals surface area (Å²) in [5.74, 6) is 1.95. The molecule has 5 rings (SSSR count). The zero-order valence-electron chi connectivity index (χ0n) is 22.7. The Morgan fingerprint density at radius 3 is 2.39 bits per heavy atom. The second-order valence-corrected chi connectivity index (χ2v) is 10.7. The highest BCUT2D eigenvalue weighted by Crippen LogP contribution is 2.30. The van der Waals surface area contributed by atoms with Crippen LogP contribution in [0.15, 0.2) is 54.7 Å². The number of aromatic nitrogens is 2. The molecule has 8 heteroatoms. The van der Waals surface area contributed by atoms with Gasteiger partial charge in [-0.15, -0.1) is 0 Å². The van der Waals surface area contributed by atoms with E-state index < -0.39 is 0 Å². The monoisotopic (exact) mass is 515 g/mol. The predicted molar refractivity (Wildman–Crippen MR) is 154 cm³/mol. The Morgan fingerprint density at radius 2 is 1.63 bits per heavy atom. The number of rotatable bonds is 9. The largest absolute Gasteiger partial charge is 0.395 e. The molecule has 0 aliphatic carbocycles. The molecule has 1 aromatic heterocycles. The van der Waals surface area contributed by atoms with Crippen molar-refractivity contribution in [2.24, 2.45) is 0 Å². The molecular weight excluding hydrogens is 474 g/mol. The van der Waals surface area contributed by atoms with Crippen LogP contribution in [-0.2, 0) is 6.54 Å². The van der Waals surface area contributed by atoms with E-state index in [9.17, 15) is 5.11 Å². The van der Waals surface area contributed by atoms with Crippen LogP contribution in [0.4, 0.5) is 23.1 Å². The van der Waals surface area contributed by atoms with Gasteiger partial charge in [-0.1, -0.05) is 24.3 Å². The van der Waals surface area contributed by atoms with E-state index in [4.69, 9.17) is 4.98 Å². The van der Waals surface area contributed by atoms with Crippen LogP contribution in [0.25, 0.3) is 0 Å². The molecule has 0 bridgehead atoms. The number of nitrogens with zero attached hydrogens (tertiary/aromatic N) is 5. The SMILES string of the molecule is Cc1cnc(Nc2cccc(CN3CCN(C)CC3)c2)nc1Nc1cccc(C2CCN(CCO)CC2)c1. The van der Waals surface area contributed by atoms with Crippen LogP contribution in [-0.4, -0.2) is 89.2 Å². The molecule has 0 radical (unpaired) electrons. The summed E-state index contributed by atoms with van der Waals surface area (Å²) in [6, 6.07) is 17.3. The van der Waals surface area contributed by atoms with Crippen LogP contribution in [0.2, 0.25) is 0 Å². The maximum Gasteiger partial charge on any atom is 0.229 e. The van der Waals surface area contributed by atoms with Crippen molar-refractivity contribution in [3.8, 4) is 0 Å². The van der Waals surface area contributed by atoms with Crippen LogP contribution in [0.3, 0.4) is 0 Å². The van der Waals surface area contributed by atoms with E-state index in [-0.39, 0.29) is 6.61 Å². The van der Waals surface area contributed by atoms with E-state index in [1.807, 2.05) is 13.1 Å². The second kappa shape index (κ2) is 12.7. The fourth-order valence-corrected chi connectivity index (χ4v) is 5.41. The highest BCUT2D eigenvalue weighted by atomic mass is 16.3. The Kier molecular flexibility index (Phi) is 8.86. The van der Waals surface area contributed by atoms with Crippen molar-refractivity contribution in [3.05, 3.63) is 71.4 Å². The van der Waals surface area contributed by atoms with Crippen LogP contribution < -0.4 is 10.6 Å². The van der Waals surface area contributed by atoms with Gasteiger partial charge < -0.3 is 25.5 Å². The highest BCUT2D eigenvalue weighted by molar-refractivity contribution is 5.63. The highest BCUT2D eigenvalue weighted by Gasteiger charge is 2.20. The van der Waals surface area contributed by atoms with E-state index in [0.717, 1.165) is 88.0 Å². The molecule has 0 saturated carbocycles. The average Bonchev–Trinajstić information content (AvgIpc) is 2.93. The first-order chi connectivity index (χ1) is 18.6. The number of nitrogens with one attached hydrogen (secondary N) is 2. The quantitative estimate of drug-likeness (QED) is 0.392. The van der Waals surface area contributed by atoms with Crippen molar-refractivity contribution in [1.82, 2.24) is 24.7 Å². The molecule has 3 N–H and O–H groups in total. The van der Waals surface area contributed by atoms with Crippen LogP contribution in [0.1, 0.15) is 35.4 Å². The Morgan fingerprint density at radius 1 is 0.895 bits per heavy atom. The van der Waals surface area contributed by atoms with Gasteiger partial charge in [0.1, 0.15) is 5.82 Å². The van der Waals surface area contributed by atoms with Crippen LogP contribution >= 0.6 is 0 Å². The number of benzene rings is 2. The molecule has 3 heterocycles. The topological polar surface area (TPSA) is 79.8 Å². The second-order valence-electron chi connectivity index (χ2n) is 10.7. The number of likely N-dealkylation sites (N-methyl/N-ethyl adjacent to an activating group) is 1. The molecule has 0 spiro atoms. The van der Waals surface area contributed by atoms with Crippen molar-refractivity contribution in [3.63, 3.8) is 0 Å². The number of piperazine rings is 1. The molecule has 202 valence electrons. The Hall–Kier alpha value is -3.04. The number of aliphatic hydroxyl groups excluding tert-OH is 1. The van der Waals surface area contributed by atoms with Gasteiger partial charge in [0.15, 0.2) is 0 Å². The number of anilines is 4. The normalized spacial score (nSPS) is 18.0. The maximum atomic E-state index is 9.21. The van der Waals surface area contributed by atoms with Gasteiger partial charge in [-0.3, -0.25) is 4.90 Å². The van der Waals surface area contributed by atoms with E-state index in [2.05, 4.69) is 85.9 Å². The van der Waals surface area contributed by atoms with Crippen molar-refractivity contribution in [1.29, 1.82) is 0 Å². The molecule has 2 aliphatic heterocycles. The summed E-state index contributed by atoms with van der Waals surface area (Å²) in [5, 5.41) is 16.2. The number of hydrogen-bond donors (Lipinski definition) is 3. The van der Waals surface area contributed by atoms with Crippen molar-refractivity contribution >= 4 is 23.1 Å². The van der Waals surface area contributed by atoms with E-state index >= 15 is 0 Å². The number of β-amino-alcohol motifs (C(OH)–C–C–N with tert-alkyl or cyclic N) is 1. The zero-order valence-corrected chi connectivity index (χ0v) is 22.7. The molecule has 0 amide bonds. The van der Waals surface area contributed by atoms with Crippen LogP contribution in [0.5, 0.6) is 0 Å². The first-order valence-electron chi connectivity index (χ1n) is 13.9. The zero-order chi connectivity index (χ0) is 26.3. The average molecular weight is 516 g/mol. The fraction of sp³-hybridized carbons (Fsp3) is 0.467. The van der Waals surface area contributed by atoms with Gasteiger partial charge in [0.05, 0.1) is 6.61 Å². The smallest absolute Gasteiger partial charge is 0.229 e.